The molecule has 2 nitrogen and oxygen atoms in total. The van der Waals surface area contributed by atoms with Gasteiger partial charge >= 0.3 is 0 Å². The predicted molar refractivity (Wildman–Crippen MR) is 72.4 cm³/mol. The van der Waals surface area contributed by atoms with Crippen LogP contribution in [0.5, 0.6) is 0 Å². The molecule has 1 aromatic carbocycles. The van der Waals surface area contributed by atoms with Gasteiger partial charge in [0.05, 0.1) is 5.92 Å². The van der Waals surface area contributed by atoms with Gasteiger partial charge < -0.3 is 5.32 Å². The van der Waals surface area contributed by atoms with Gasteiger partial charge in [-0.2, -0.15) is 0 Å². The van der Waals surface area contributed by atoms with Crippen LogP contribution in [-0.4, -0.2) is 11.9 Å². The molecule has 2 unspecified atom stereocenters. The molecule has 0 aromatic heterocycles. The molecule has 1 N–H and O–H groups in total. The third kappa shape index (κ3) is 2.05. The number of nitrogens with one attached hydrogen (secondary N) is 1. The zero-order valence-electron chi connectivity index (χ0n) is 11.2. The van der Waals surface area contributed by atoms with Crippen molar-refractivity contribution in [1.82, 2.24) is 5.32 Å². The zero-order valence-corrected chi connectivity index (χ0v) is 11.2. The highest BCUT2D eigenvalue weighted by Crippen LogP contribution is 2.38. The van der Waals surface area contributed by atoms with E-state index in [1.807, 2.05) is 12.1 Å². The van der Waals surface area contributed by atoms with Crippen LogP contribution in [0.15, 0.2) is 24.3 Å². The lowest BCUT2D eigenvalue weighted by Gasteiger charge is -2.30. The first-order valence-electron chi connectivity index (χ1n) is 6.93. The summed E-state index contributed by atoms with van der Waals surface area (Å²) in [6, 6.07) is 8.67. The number of benzene rings is 1. The van der Waals surface area contributed by atoms with Crippen LogP contribution in [0.25, 0.3) is 0 Å². The van der Waals surface area contributed by atoms with Gasteiger partial charge in [0.2, 0.25) is 5.91 Å². The lowest BCUT2D eigenvalue weighted by molar-refractivity contribution is -0.123. The van der Waals surface area contributed by atoms with Gasteiger partial charge in [-0.1, -0.05) is 38.1 Å². The minimum absolute atomic E-state index is 0.102. The van der Waals surface area contributed by atoms with E-state index in [1.54, 1.807) is 0 Å². The van der Waals surface area contributed by atoms with Crippen LogP contribution in [0.4, 0.5) is 0 Å². The molecule has 2 heteroatoms. The number of amides is 1. The molecule has 0 aliphatic heterocycles. The van der Waals surface area contributed by atoms with E-state index in [0.717, 1.165) is 19.3 Å². The molecule has 1 aromatic rings. The van der Waals surface area contributed by atoms with E-state index in [1.165, 1.54) is 17.5 Å². The number of hydrogen-bond acceptors (Lipinski definition) is 1. The second kappa shape index (κ2) is 4.11. The molecule has 3 rings (SSSR count). The van der Waals surface area contributed by atoms with Crippen LogP contribution >= 0.6 is 0 Å². The van der Waals surface area contributed by atoms with Crippen molar-refractivity contribution in [2.24, 2.45) is 5.41 Å². The van der Waals surface area contributed by atoms with E-state index in [0.29, 0.717) is 11.5 Å². The number of carbonyl (C=O) groups is 1. The lowest BCUT2D eigenvalue weighted by atomic mass is 9.77. The molecule has 18 heavy (non-hydrogen) atoms. The molecule has 96 valence electrons. The largest absolute Gasteiger partial charge is 0.353 e. The van der Waals surface area contributed by atoms with Gasteiger partial charge in [-0.15, -0.1) is 0 Å². The van der Waals surface area contributed by atoms with Crippen molar-refractivity contribution in [3.05, 3.63) is 35.4 Å². The summed E-state index contributed by atoms with van der Waals surface area (Å²) in [4.78, 5) is 12.2. The van der Waals surface area contributed by atoms with Gasteiger partial charge in [0, 0.05) is 6.04 Å². The van der Waals surface area contributed by atoms with Gasteiger partial charge in [-0.05, 0) is 42.2 Å². The summed E-state index contributed by atoms with van der Waals surface area (Å²) >= 11 is 0. The minimum Gasteiger partial charge on any atom is -0.353 e. The Labute approximate surface area is 109 Å². The van der Waals surface area contributed by atoms with E-state index in [-0.39, 0.29) is 11.8 Å². The van der Waals surface area contributed by atoms with Crippen molar-refractivity contribution < 1.29 is 4.79 Å². The normalized spacial score (nSPS) is 28.3. The number of hydrogen-bond donors (Lipinski definition) is 1. The van der Waals surface area contributed by atoms with Crippen molar-refractivity contribution in [2.75, 3.05) is 0 Å². The maximum absolute atomic E-state index is 12.2. The molecule has 2 atom stereocenters. The predicted octanol–water partition coefficient (Wildman–Crippen LogP) is 3.02. The summed E-state index contributed by atoms with van der Waals surface area (Å²) in [5.41, 5.74) is 2.96. The van der Waals surface area contributed by atoms with Gasteiger partial charge in [-0.25, -0.2) is 0 Å². The summed E-state index contributed by atoms with van der Waals surface area (Å²) in [7, 11) is 0. The summed E-state index contributed by atoms with van der Waals surface area (Å²) in [6.07, 6.45) is 4.39. The minimum atomic E-state index is 0.102. The van der Waals surface area contributed by atoms with Gasteiger partial charge in [-0.3, -0.25) is 4.79 Å². The highest BCUT2D eigenvalue weighted by atomic mass is 16.2. The average Bonchev–Trinajstić information content (AvgIpc) is 2.60. The van der Waals surface area contributed by atoms with E-state index >= 15 is 0 Å². The van der Waals surface area contributed by atoms with Crippen molar-refractivity contribution in [2.45, 2.75) is 51.5 Å². The van der Waals surface area contributed by atoms with Crippen LogP contribution in [0.3, 0.4) is 0 Å². The summed E-state index contributed by atoms with van der Waals surface area (Å²) in [6.45, 7) is 4.58. The SMILES string of the molecule is CC1(C)CCC(NC(=O)C2Cc3ccccc32)C1. The second-order valence-electron chi connectivity index (χ2n) is 6.57. The van der Waals surface area contributed by atoms with Crippen molar-refractivity contribution in [3.63, 3.8) is 0 Å². The zero-order chi connectivity index (χ0) is 12.8. The van der Waals surface area contributed by atoms with E-state index in [4.69, 9.17) is 0 Å². The average molecular weight is 243 g/mol. The molecule has 0 spiro atoms. The maximum atomic E-state index is 12.2. The number of rotatable bonds is 2. The van der Waals surface area contributed by atoms with Gasteiger partial charge in [0.1, 0.15) is 0 Å². The second-order valence-corrected chi connectivity index (χ2v) is 6.57. The third-order valence-electron chi connectivity index (χ3n) is 4.49. The fourth-order valence-corrected chi connectivity index (χ4v) is 3.35. The van der Waals surface area contributed by atoms with Crippen molar-refractivity contribution in [3.8, 4) is 0 Å². The number of carbonyl (C=O) groups excluding carboxylic acids is 1. The molecular formula is C16H21NO. The summed E-state index contributed by atoms with van der Waals surface area (Å²) < 4.78 is 0. The molecule has 0 saturated heterocycles. The summed E-state index contributed by atoms with van der Waals surface area (Å²) in [5, 5.41) is 3.24. The first-order chi connectivity index (χ1) is 8.55. The fraction of sp³-hybridized carbons (Fsp3) is 0.562. The smallest absolute Gasteiger partial charge is 0.228 e. The van der Waals surface area contributed by atoms with E-state index in [9.17, 15) is 4.79 Å². The molecule has 0 radical (unpaired) electrons. The van der Waals surface area contributed by atoms with Crippen LogP contribution in [0.2, 0.25) is 0 Å². The lowest BCUT2D eigenvalue weighted by Crippen LogP contribution is -2.40. The van der Waals surface area contributed by atoms with Crippen LogP contribution in [0.1, 0.15) is 50.2 Å². The Morgan fingerprint density at radius 3 is 2.78 bits per heavy atom. The molecule has 1 saturated carbocycles. The standard InChI is InChI=1S/C16H21NO/c1-16(2)8-7-12(10-16)17-15(18)14-9-11-5-3-4-6-13(11)14/h3-6,12,14H,7-10H2,1-2H3,(H,17,18). The Balaban J connectivity index is 1.61. The fourth-order valence-electron chi connectivity index (χ4n) is 3.35. The Hall–Kier alpha value is -1.31. The Bertz CT molecular complexity index is 478. The first kappa shape index (κ1) is 11.8. The topological polar surface area (TPSA) is 29.1 Å². The van der Waals surface area contributed by atoms with Crippen LogP contribution in [0, 0.1) is 5.41 Å². The van der Waals surface area contributed by atoms with E-state index in [2.05, 4.69) is 31.3 Å². The molecule has 0 bridgehead atoms. The molecule has 0 heterocycles. The Kier molecular flexibility index (Phi) is 2.69. The summed E-state index contributed by atoms with van der Waals surface area (Å²) in [5.74, 6) is 0.335. The highest BCUT2D eigenvalue weighted by Gasteiger charge is 2.36. The van der Waals surface area contributed by atoms with E-state index < -0.39 is 0 Å². The molecular weight excluding hydrogens is 222 g/mol. The van der Waals surface area contributed by atoms with Crippen LogP contribution < -0.4 is 5.32 Å². The van der Waals surface area contributed by atoms with Gasteiger partial charge in [0.15, 0.2) is 0 Å². The van der Waals surface area contributed by atoms with Crippen molar-refractivity contribution >= 4 is 5.91 Å². The molecule has 2 aliphatic rings. The Morgan fingerprint density at radius 1 is 1.33 bits per heavy atom. The number of fused-ring (bicyclic) bond motifs is 1. The first-order valence-corrected chi connectivity index (χ1v) is 6.93. The molecule has 2 aliphatic carbocycles. The molecule has 1 amide bonds. The van der Waals surface area contributed by atoms with Crippen LogP contribution in [-0.2, 0) is 11.2 Å². The Morgan fingerprint density at radius 2 is 2.11 bits per heavy atom. The highest BCUT2D eigenvalue weighted by molar-refractivity contribution is 5.87. The van der Waals surface area contributed by atoms with Gasteiger partial charge in [0.25, 0.3) is 0 Å². The quantitative estimate of drug-likeness (QED) is 0.850. The van der Waals surface area contributed by atoms with Crippen molar-refractivity contribution in [1.29, 1.82) is 0 Å². The maximum Gasteiger partial charge on any atom is 0.228 e. The third-order valence-corrected chi connectivity index (χ3v) is 4.49. The monoisotopic (exact) mass is 243 g/mol. The molecule has 1 fully saturated rings.